The number of carbonyl (C=O) groups excluding carboxylic acids is 1. The summed E-state index contributed by atoms with van der Waals surface area (Å²) in [6.45, 7) is 0.894. The number of nitrogens with one attached hydrogen (secondary N) is 2. The van der Waals surface area contributed by atoms with Gasteiger partial charge in [0, 0.05) is 12.6 Å². The van der Waals surface area contributed by atoms with Crippen LogP contribution in [0.5, 0.6) is 0 Å². The van der Waals surface area contributed by atoms with E-state index >= 15 is 0 Å². The Hall–Kier alpha value is -0.570. The number of amides is 1. The van der Waals surface area contributed by atoms with Crippen LogP contribution >= 0.6 is 0 Å². The van der Waals surface area contributed by atoms with E-state index in [2.05, 4.69) is 10.6 Å². The first-order valence-electron chi connectivity index (χ1n) is 5.90. The first-order chi connectivity index (χ1) is 6.86. The normalized spacial score (nSPS) is 46.7. The zero-order valence-corrected chi connectivity index (χ0v) is 8.46. The lowest BCUT2D eigenvalue weighted by molar-refractivity contribution is -0.125. The second-order valence-corrected chi connectivity index (χ2v) is 4.94. The number of piperidine rings is 1. The average Bonchev–Trinajstić information content (AvgIpc) is 2.59. The topological polar surface area (TPSA) is 41.1 Å². The van der Waals surface area contributed by atoms with Gasteiger partial charge in [-0.25, -0.2) is 0 Å². The van der Waals surface area contributed by atoms with E-state index in [1.807, 2.05) is 0 Å². The number of fused-ring (bicyclic) bond motifs is 3. The zero-order valence-electron chi connectivity index (χ0n) is 8.46. The van der Waals surface area contributed by atoms with Gasteiger partial charge in [-0.2, -0.15) is 0 Å². The van der Waals surface area contributed by atoms with Crippen molar-refractivity contribution in [2.24, 2.45) is 11.8 Å². The van der Waals surface area contributed by atoms with E-state index in [0.717, 1.165) is 12.5 Å². The van der Waals surface area contributed by atoms with Crippen molar-refractivity contribution in [1.82, 2.24) is 10.6 Å². The molecule has 0 aromatic carbocycles. The minimum absolute atomic E-state index is 0.136. The van der Waals surface area contributed by atoms with Gasteiger partial charge in [-0.1, -0.05) is 12.8 Å². The molecule has 3 heteroatoms. The molecule has 3 rings (SSSR count). The summed E-state index contributed by atoms with van der Waals surface area (Å²) in [4.78, 5) is 11.6. The van der Waals surface area contributed by atoms with Crippen molar-refractivity contribution in [3.63, 3.8) is 0 Å². The van der Waals surface area contributed by atoms with E-state index in [4.69, 9.17) is 0 Å². The third-order valence-electron chi connectivity index (χ3n) is 4.25. The van der Waals surface area contributed by atoms with E-state index in [1.54, 1.807) is 0 Å². The summed E-state index contributed by atoms with van der Waals surface area (Å²) in [5.74, 6) is 1.67. The highest BCUT2D eigenvalue weighted by Crippen LogP contribution is 2.40. The molecule has 0 bridgehead atoms. The predicted molar refractivity (Wildman–Crippen MR) is 53.8 cm³/mol. The zero-order chi connectivity index (χ0) is 9.54. The fraction of sp³-hybridized carbons (Fsp3) is 0.909. The Balaban J connectivity index is 1.82. The standard InChI is InChI=1S/C11H18N2O/c14-11-10-8(5-6-12-11)7-3-1-2-4-9(7)13-10/h7-10,13H,1-6H2,(H,12,14)/t7-,8+,9+,10+/m1/s1. The Labute approximate surface area is 84.6 Å². The fourth-order valence-electron chi connectivity index (χ4n) is 3.60. The lowest BCUT2D eigenvalue weighted by Crippen LogP contribution is -2.49. The van der Waals surface area contributed by atoms with Gasteiger partial charge in [0.25, 0.3) is 0 Å². The van der Waals surface area contributed by atoms with Crippen molar-refractivity contribution < 1.29 is 4.79 Å². The minimum Gasteiger partial charge on any atom is -0.355 e. The summed E-state index contributed by atoms with van der Waals surface area (Å²) >= 11 is 0. The third-order valence-corrected chi connectivity index (χ3v) is 4.25. The molecule has 4 atom stereocenters. The van der Waals surface area contributed by atoms with Crippen LogP contribution in [-0.4, -0.2) is 24.5 Å². The van der Waals surface area contributed by atoms with E-state index in [-0.39, 0.29) is 11.9 Å². The maximum atomic E-state index is 11.6. The van der Waals surface area contributed by atoms with Gasteiger partial charge in [-0.3, -0.25) is 4.79 Å². The lowest BCUT2D eigenvalue weighted by atomic mass is 9.76. The highest BCUT2D eigenvalue weighted by atomic mass is 16.2. The molecule has 0 radical (unpaired) electrons. The second kappa shape index (κ2) is 3.23. The first-order valence-corrected chi connectivity index (χ1v) is 5.90. The van der Waals surface area contributed by atoms with Crippen molar-refractivity contribution in [1.29, 1.82) is 0 Å². The van der Waals surface area contributed by atoms with Crippen molar-refractivity contribution in [2.45, 2.75) is 44.2 Å². The van der Waals surface area contributed by atoms with Crippen LogP contribution in [0, 0.1) is 11.8 Å². The van der Waals surface area contributed by atoms with Gasteiger partial charge >= 0.3 is 0 Å². The maximum absolute atomic E-state index is 11.6. The first kappa shape index (κ1) is 8.72. The van der Waals surface area contributed by atoms with Gasteiger partial charge in [-0.05, 0) is 31.1 Å². The Bertz CT molecular complexity index is 254. The van der Waals surface area contributed by atoms with Gasteiger partial charge in [0.1, 0.15) is 0 Å². The summed E-state index contributed by atoms with van der Waals surface area (Å²) in [6, 6.07) is 0.777. The molecule has 3 nitrogen and oxygen atoms in total. The SMILES string of the molecule is O=C1NCC[C@H]2[C@H]3CCCC[C@@H]3N[C@H]12. The van der Waals surface area contributed by atoms with Gasteiger partial charge in [-0.15, -0.1) is 0 Å². The molecule has 78 valence electrons. The predicted octanol–water partition coefficient (Wildman–Crippen LogP) is 0.653. The van der Waals surface area contributed by atoms with E-state index < -0.39 is 0 Å². The van der Waals surface area contributed by atoms with Gasteiger partial charge < -0.3 is 10.6 Å². The van der Waals surface area contributed by atoms with Crippen LogP contribution in [-0.2, 0) is 4.79 Å². The molecular formula is C11H18N2O. The Morgan fingerprint density at radius 2 is 1.93 bits per heavy atom. The van der Waals surface area contributed by atoms with Crippen molar-refractivity contribution in [3.05, 3.63) is 0 Å². The van der Waals surface area contributed by atoms with Crippen LogP contribution in [0.1, 0.15) is 32.1 Å². The van der Waals surface area contributed by atoms with Crippen LogP contribution in [0.15, 0.2) is 0 Å². The Morgan fingerprint density at radius 3 is 2.86 bits per heavy atom. The molecule has 0 unspecified atom stereocenters. The van der Waals surface area contributed by atoms with Crippen molar-refractivity contribution in [3.8, 4) is 0 Å². The summed E-state index contributed by atoms with van der Waals surface area (Å²) in [6.07, 6.45) is 6.52. The molecule has 2 heterocycles. The maximum Gasteiger partial charge on any atom is 0.237 e. The Morgan fingerprint density at radius 1 is 1.07 bits per heavy atom. The third kappa shape index (κ3) is 1.18. The molecule has 14 heavy (non-hydrogen) atoms. The monoisotopic (exact) mass is 194 g/mol. The van der Waals surface area contributed by atoms with E-state index in [1.165, 1.54) is 32.1 Å². The smallest absolute Gasteiger partial charge is 0.237 e. The molecule has 0 aromatic heterocycles. The Kier molecular flexibility index (Phi) is 2.01. The molecule has 1 aliphatic carbocycles. The minimum atomic E-state index is 0.136. The number of carbonyl (C=O) groups is 1. The van der Waals surface area contributed by atoms with Crippen LogP contribution in [0.2, 0.25) is 0 Å². The van der Waals surface area contributed by atoms with Gasteiger partial charge in [0.05, 0.1) is 6.04 Å². The van der Waals surface area contributed by atoms with Crippen LogP contribution in [0.25, 0.3) is 0 Å². The van der Waals surface area contributed by atoms with Crippen molar-refractivity contribution >= 4 is 5.91 Å². The number of hydrogen-bond donors (Lipinski definition) is 2. The van der Waals surface area contributed by atoms with Crippen LogP contribution in [0.3, 0.4) is 0 Å². The highest BCUT2D eigenvalue weighted by molar-refractivity contribution is 5.83. The van der Waals surface area contributed by atoms with E-state index in [0.29, 0.717) is 12.0 Å². The molecule has 1 saturated carbocycles. The molecular weight excluding hydrogens is 176 g/mol. The van der Waals surface area contributed by atoms with E-state index in [9.17, 15) is 4.79 Å². The fourth-order valence-corrected chi connectivity index (χ4v) is 3.60. The number of rotatable bonds is 0. The summed E-state index contributed by atoms with van der Waals surface area (Å²) in [5.41, 5.74) is 0. The molecule has 3 fully saturated rings. The van der Waals surface area contributed by atoms with Gasteiger partial charge in [0.15, 0.2) is 0 Å². The molecule has 3 aliphatic rings. The van der Waals surface area contributed by atoms with Crippen LogP contribution < -0.4 is 10.6 Å². The van der Waals surface area contributed by atoms with Crippen LogP contribution in [0.4, 0.5) is 0 Å². The molecule has 1 amide bonds. The van der Waals surface area contributed by atoms with Crippen molar-refractivity contribution in [2.75, 3.05) is 6.54 Å². The summed E-state index contributed by atoms with van der Waals surface area (Å²) in [7, 11) is 0. The summed E-state index contributed by atoms with van der Waals surface area (Å²) in [5, 5.41) is 6.49. The molecule has 2 saturated heterocycles. The summed E-state index contributed by atoms with van der Waals surface area (Å²) < 4.78 is 0. The number of hydrogen-bond acceptors (Lipinski definition) is 2. The average molecular weight is 194 g/mol. The molecule has 0 aromatic rings. The molecule has 2 N–H and O–H groups in total. The lowest BCUT2D eigenvalue weighted by Gasteiger charge is -2.30. The quantitative estimate of drug-likeness (QED) is 0.594. The largest absolute Gasteiger partial charge is 0.355 e. The second-order valence-electron chi connectivity index (χ2n) is 4.94. The van der Waals surface area contributed by atoms with Gasteiger partial charge in [0.2, 0.25) is 5.91 Å². The highest BCUT2D eigenvalue weighted by Gasteiger charge is 2.47. The molecule has 2 aliphatic heterocycles. The molecule has 0 spiro atoms.